The number of thiol groups is 1. The Morgan fingerprint density at radius 2 is 1.83 bits per heavy atom. The van der Waals surface area contributed by atoms with Crippen LogP contribution in [0, 0.1) is 11.3 Å². The van der Waals surface area contributed by atoms with Gasteiger partial charge in [-0.3, -0.25) is 0 Å². The Morgan fingerprint density at radius 3 is 2.25 bits per heavy atom. The zero-order valence-electron chi connectivity index (χ0n) is 7.29. The van der Waals surface area contributed by atoms with Crippen molar-refractivity contribution in [3.63, 3.8) is 0 Å². The van der Waals surface area contributed by atoms with Crippen molar-refractivity contribution in [2.45, 2.75) is 12.8 Å². The predicted octanol–water partition coefficient (Wildman–Crippen LogP) is 1.36. The third kappa shape index (κ3) is 1.38. The van der Waals surface area contributed by atoms with E-state index in [2.05, 4.69) is 12.6 Å². The van der Waals surface area contributed by atoms with Crippen LogP contribution in [0.1, 0.15) is 12.8 Å². The number of hydrogen-bond donors (Lipinski definition) is 1. The lowest BCUT2D eigenvalue weighted by Crippen LogP contribution is -2.51. The average Bonchev–Trinajstić information content (AvgIpc) is 2.05. The molecule has 0 N–H and O–H groups in total. The summed E-state index contributed by atoms with van der Waals surface area (Å²) in [7, 11) is 0. The van der Waals surface area contributed by atoms with Gasteiger partial charge in [0.15, 0.2) is 0 Å². The molecule has 2 nitrogen and oxygen atoms in total. The normalized spacial score (nSPS) is 29.8. The molecule has 0 spiro atoms. The third-order valence-electron chi connectivity index (χ3n) is 3.18. The van der Waals surface area contributed by atoms with Gasteiger partial charge in [0, 0.05) is 24.4 Å². The van der Waals surface area contributed by atoms with Crippen molar-refractivity contribution in [3.05, 3.63) is 0 Å². The van der Waals surface area contributed by atoms with Crippen LogP contribution in [0.5, 0.6) is 0 Å². The lowest BCUT2D eigenvalue weighted by atomic mass is 9.71. The standard InChI is InChI=1S/C9H16O2S/c12-7-9(5-11-6-9)8-1-3-10-4-2-8/h8,12H,1-7H2. The van der Waals surface area contributed by atoms with Crippen molar-refractivity contribution in [1.82, 2.24) is 0 Å². The highest BCUT2D eigenvalue weighted by Crippen LogP contribution is 2.41. The molecule has 0 unspecified atom stereocenters. The second kappa shape index (κ2) is 3.56. The monoisotopic (exact) mass is 188 g/mol. The summed E-state index contributed by atoms with van der Waals surface area (Å²) in [6, 6.07) is 0. The Balaban J connectivity index is 1.95. The van der Waals surface area contributed by atoms with E-state index >= 15 is 0 Å². The van der Waals surface area contributed by atoms with Gasteiger partial charge < -0.3 is 9.47 Å². The van der Waals surface area contributed by atoms with Gasteiger partial charge in [-0.15, -0.1) is 0 Å². The van der Waals surface area contributed by atoms with Crippen molar-refractivity contribution < 1.29 is 9.47 Å². The molecule has 0 amide bonds. The molecule has 70 valence electrons. The maximum atomic E-state index is 5.34. The van der Waals surface area contributed by atoms with Crippen LogP contribution in [0.2, 0.25) is 0 Å². The second-order valence-electron chi connectivity index (χ2n) is 3.90. The van der Waals surface area contributed by atoms with Crippen molar-refractivity contribution in [3.8, 4) is 0 Å². The third-order valence-corrected chi connectivity index (χ3v) is 3.81. The number of ether oxygens (including phenoxy) is 2. The van der Waals surface area contributed by atoms with Gasteiger partial charge in [-0.2, -0.15) is 12.6 Å². The molecule has 0 aromatic heterocycles. The molecule has 2 fully saturated rings. The number of rotatable bonds is 2. The van der Waals surface area contributed by atoms with Crippen molar-refractivity contribution in [1.29, 1.82) is 0 Å². The minimum Gasteiger partial charge on any atom is -0.381 e. The summed E-state index contributed by atoms with van der Waals surface area (Å²) in [5.74, 6) is 1.76. The summed E-state index contributed by atoms with van der Waals surface area (Å²) < 4.78 is 10.6. The van der Waals surface area contributed by atoms with E-state index in [4.69, 9.17) is 9.47 Å². The van der Waals surface area contributed by atoms with E-state index in [1.807, 2.05) is 0 Å². The molecular weight excluding hydrogens is 172 g/mol. The zero-order valence-corrected chi connectivity index (χ0v) is 8.19. The molecule has 0 aliphatic carbocycles. The van der Waals surface area contributed by atoms with Gasteiger partial charge >= 0.3 is 0 Å². The first-order valence-corrected chi connectivity index (χ1v) is 5.27. The summed E-state index contributed by atoms with van der Waals surface area (Å²) in [6.07, 6.45) is 2.40. The fraction of sp³-hybridized carbons (Fsp3) is 1.00. The first kappa shape index (κ1) is 8.85. The van der Waals surface area contributed by atoms with Crippen LogP contribution < -0.4 is 0 Å². The molecule has 0 radical (unpaired) electrons. The minimum atomic E-state index is 0.396. The summed E-state index contributed by atoms with van der Waals surface area (Å²) in [4.78, 5) is 0. The smallest absolute Gasteiger partial charge is 0.0555 e. The lowest BCUT2D eigenvalue weighted by Gasteiger charge is -2.47. The first-order valence-electron chi connectivity index (χ1n) is 4.64. The Morgan fingerprint density at radius 1 is 1.17 bits per heavy atom. The maximum Gasteiger partial charge on any atom is 0.0555 e. The highest BCUT2D eigenvalue weighted by molar-refractivity contribution is 7.80. The predicted molar refractivity (Wildman–Crippen MR) is 50.6 cm³/mol. The van der Waals surface area contributed by atoms with Gasteiger partial charge in [0.2, 0.25) is 0 Å². The van der Waals surface area contributed by atoms with Crippen LogP contribution in [-0.2, 0) is 9.47 Å². The first-order chi connectivity index (χ1) is 5.87. The van der Waals surface area contributed by atoms with Crippen molar-refractivity contribution in [2.24, 2.45) is 11.3 Å². The van der Waals surface area contributed by atoms with E-state index in [9.17, 15) is 0 Å². The van der Waals surface area contributed by atoms with Crippen LogP contribution in [-0.4, -0.2) is 32.2 Å². The lowest BCUT2D eigenvalue weighted by molar-refractivity contribution is -0.148. The fourth-order valence-electron chi connectivity index (χ4n) is 2.13. The molecule has 2 rings (SSSR count). The SMILES string of the molecule is SCC1(C2CCOCC2)COC1. The second-order valence-corrected chi connectivity index (χ2v) is 4.22. The van der Waals surface area contributed by atoms with Crippen LogP contribution in [0.25, 0.3) is 0 Å². The average molecular weight is 188 g/mol. The minimum absolute atomic E-state index is 0.396. The van der Waals surface area contributed by atoms with Crippen LogP contribution in [0.15, 0.2) is 0 Å². The van der Waals surface area contributed by atoms with Gasteiger partial charge in [-0.05, 0) is 18.8 Å². The molecular formula is C9H16O2S. The quantitative estimate of drug-likeness (QED) is 0.660. The summed E-state index contributed by atoms with van der Waals surface area (Å²) in [5, 5.41) is 0. The van der Waals surface area contributed by atoms with E-state index in [0.717, 1.165) is 38.1 Å². The van der Waals surface area contributed by atoms with Gasteiger partial charge in [-0.1, -0.05) is 0 Å². The van der Waals surface area contributed by atoms with Gasteiger partial charge in [0.05, 0.1) is 13.2 Å². The summed E-state index contributed by atoms with van der Waals surface area (Å²) in [6.45, 7) is 3.70. The molecule has 0 atom stereocenters. The van der Waals surface area contributed by atoms with Crippen molar-refractivity contribution >= 4 is 12.6 Å². The van der Waals surface area contributed by atoms with Crippen LogP contribution >= 0.6 is 12.6 Å². The molecule has 0 aromatic carbocycles. The Kier molecular flexibility index (Phi) is 2.63. The summed E-state index contributed by atoms with van der Waals surface area (Å²) in [5.41, 5.74) is 0.396. The van der Waals surface area contributed by atoms with Gasteiger partial charge in [-0.25, -0.2) is 0 Å². The summed E-state index contributed by atoms with van der Waals surface area (Å²) >= 11 is 4.42. The molecule has 2 aliphatic heterocycles. The van der Waals surface area contributed by atoms with E-state index in [0.29, 0.717) is 5.41 Å². The molecule has 3 heteroatoms. The zero-order chi connectivity index (χ0) is 8.44. The molecule has 12 heavy (non-hydrogen) atoms. The molecule has 0 saturated carbocycles. The topological polar surface area (TPSA) is 18.5 Å². The Hall–Kier alpha value is 0.270. The molecule has 2 aliphatic rings. The largest absolute Gasteiger partial charge is 0.381 e. The van der Waals surface area contributed by atoms with Crippen molar-refractivity contribution in [2.75, 3.05) is 32.2 Å². The van der Waals surface area contributed by atoms with Crippen LogP contribution in [0.4, 0.5) is 0 Å². The van der Waals surface area contributed by atoms with E-state index < -0.39 is 0 Å². The molecule has 0 aromatic rings. The highest BCUT2D eigenvalue weighted by atomic mass is 32.1. The molecule has 0 bridgehead atoms. The van der Waals surface area contributed by atoms with E-state index in [1.54, 1.807) is 0 Å². The van der Waals surface area contributed by atoms with E-state index in [1.165, 1.54) is 12.8 Å². The molecule has 2 saturated heterocycles. The Bertz CT molecular complexity index is 145. The fourth-order valence-corrected chi connectivity index (χ4v) is 2.57. The number of hydrogen-bond acceptors (Lipinski definition) is 3. The molecule has 2 heterocycles. The van der Waals surface area contributed by atoms with Gasteiger partial charge in [0.25, 0.3) is 0 Å². The van der Waals surface area contributed by atoms with E-state index in [-0.39, 0.29) is 0 Å². The maximum absolute atomic E-state index is 5.34. The van der Waals surface area contributed by atoms with Crippen LogP contribution in [0.3, 0.4) is 0 Å². The Labute approximate surface area is 79.0 Å². The van der Waals surface area contributed by atoms with Gasteiger partial charge in [0.1, 0.15) is 0 Å². The highest BCUT2D eigenvalue weighted by Gasteiger charge is 2.44.